The van der Waals surface area contributed by atoms with Gasteiger partial charge < -0.3 is 4.74 Å². The lowest BCUT2D eigenvalue weighted by Gasteiger charge is -2.06. The second-order valence-electron chi connectivity index (χ2n) is 3.45. The molecule has 4 heteroatoms. The third-order valence-electron chi connectivity index (χ3n) is 2.48. The number of hydrogen-bond donors (Lipinski definition) is 0. The van der Waals surface area contributed by atoms with Gasteiger partial charge in [0.2, 0.25) is 5.88 Å². The van der Waals surface area contributed by atoms with Gasteiger partial charge in [-0.1, -0.05) is 18.5 Å². The SMILES string of the molecule is COc1nc(Cl)cc2c1C(=O)CC2C. The van der Waals surface area contributed by atoms with E-state index in [-0.39, 0.29) is 11.7 Å². The highest BCUT2D eigenvalue weighted by atomic mass is 35.5. The van der Waals surface area contributed by atoms with Crippen molar-refractivity contribution in [2.75, 3.05) is 7.11 Å². The monoisotopic (exact) mass is 211 g/mol. The molecule has 1 aliphatic carbocycles. The van der Waals surface area contributed by atoms with E-state index in [0.717, 1.165) is 5.56 Å². The molecule has 0 fully saturated rings. The molecule has 1 unspecified atom stereocenters. The lowest BCUT2D eigenvalue weighted by molar-refractivity contribution is 0.0987. The highest BCUT2D eigenvalue weighted by Gasteiger charge is 2.30. The quantitative estimate of drug-likeness (QED) is 0.670. The van der Waals surface area contributed by atoms with E-state index in [1.165, 1.54) is 7.11 Å². The van der Waals surface area contributed by atoms with Gasteiger partial charge in [0.15, 0.2) is 5.78 Å². The van der Waals surface area contributed by atoms with Crippen LogP contribution in [0.4, 0.5) is 0 Å². The van der Waals surface area contributed by atoms with Crippen molar-refractivity contribution in [1.29, 1.82) is 0 Å². The molecule has 0 radical (unpaired) electrons. The Labute approximate surface area is 87.0 Å². The molecule has 2 rings (SSSR count). The summed E-state index contributed by atoms with van der Waals surface area (Å²) < 4.78 is 5.04. The molecule has 0 N–H and O–H groups in total. The maximum atomic E-state index is 11.6. The highest BCUT2D eigenvalue weighted by molar-refractivity contribution is 6.29. The molecule has 1 aromatic rings. The number of methoxy groups -OCH3 is 1. The molecular weight excluding hydrogens is 202 g/mol. The van der Waals surface area contributed by atoms with E-state index in [0.29, 0.717) is 23.0 Å². The molecule has 1 aliphatic rings. The summed E-state index contributed by atoms with van der Waals surface area (Å²) in [6.45, 7) is 2.00. The van der Waals surface area contributed by atoms with Crippen LogP contribution in [0.5, 0.6) is 5.88 Å². The van der Waals surface area contributed by atoms with E-state index >= 15 is 0 Å². The van der Waals surface area contributed by atoms with Crippen LogP contribution in [-0.2, 0) is 0 Å². The zero-order valence-corrected chi connectivity index (χ0v) is 8.76. The predicted octanol–water partition coefficient (Wildman–Crippen LogP) is 2.43. The molecule has 3 nitrogen and oxygen atoms in total. The summed E-state index contributed by atoms with van der Waals surface area (Å²) in [5.41, 5.74) is 1.55. The standard InChI is InChI=1S/C10H10ClNO2/c1-5-3-7(13)9-6(5)4-8(11)12-10(9)14-2/h4-5H,3H2,1-2H3. The van der Waals surface area contributed by atoms with Crippen LogP contribution in [0.3, 0.4) is 0 Å². The number of fused-ring (bicyclic) bond motifs is 1. The van der Waals surface area contributed by atoms with Crippen LogP contribution >= 0.6 is 11.6 Å². The van der Waals surface area contributed by atoms with E-state index in [9.17, 15) is 4.79 Å². The number of Topliss-reactive ketones (excluding diaryl/α,β-unsaturated/α-hetero) is 1. The van der Waals surface area contributed by atoms with E-state index in [2.05, 4.69) is 4.98 Å². The minimum Gasteiger partial charge on any atom is -0.480 e. The number of aromatic nitrogens is 1. The highest BCUT2D eigenvalue weighted by Crippen LogP contribution is 2.38. The van der Waals surface area contributed by atoms with Crippen LogP contribution in [0, 0.1) is 0 Å². The molecule has 0 aromatic carbocycles. The summed E-state index contributed by atoms with van der Waals surface area (Å²) >= 11 is 5.82. The van der Waals surface area contributed by atoms with Gasteiger partial charge in [0.05, 0.1) is 12.7 Å². The smallest absolute Gasteiger partial charge is 0.225 e. The van der Waals surface area contributed by atoms with Crippen LogP contribution in [0.15, 0.2) is 6.07 Å². The zero-order chi connectivity index (χ0) is 10.3. The minimum atomic E-state index is 0.0912. The van der Waals surface area contributed by atoms with Crippen LogP contribution < -0.4 is 4.74 Å². The topological polar surface area (TPSA) is 39.2 Å². The average molecular weight is 212 g/mol. The fourth-order valence-corrected chi connectivity index (χ4v) is 2.01. The van der Waals surface area contributed by atoms with Gasteiger partial charge in [-0.2, -0.15) is 0 Å². The number of carbonyl (C=O) groups is 1. The maximum absolute atomic E-state index is 11.6. The van der Waals surface area contributed by atoms with E-state index in [1.54, 1.807) is 6.07 Å². The Morgan fingerprint density at radius 2 is 2.36 bits per heavy atom. The van der Waals surface area contributed by atoms with Crippen molar-refractivity contribution in [2.45, 2.75) is 19.3 Å². The van der Waals surface area contributed by atoms with Gasteiger partial charge in [-0.3, -0.25) is 4.79 Å². The molecule has 0 amide bonds. The van der Waals surface area contributed by atoms with Crippen molar-refractivity contribution in [1.82, 2.24) is 4.98 Å². The van der Waals surface area contributed by atoms with Gasteiger partial charge in [0.1, 0.15) is 5.15 Å². The van der Waals surface area contributed by atoms with Crippen molar-refractivity contribution in [3.05, 3.63) is 22.3 Å². The summed E-state index contributed by atoms with van der Waals surface area (Å²) in [5.74, 6) is 0.655. The molecule has 1 heterocycles. The Morgan fingerprint density at radius 1 is 1.64 bits per heavy atom. The van der Waals surface area contributed by atoms with Gasteiger partial charge in [-0.15, -0.1) is 0 Å². The molecule has 74 valence electrons. The molecule has 0 saturated carbocycles. The van der Waals surface area contributed by atoms with Gasteiger partial charge in [0, 0.05) is 6.42 Å². The predicted molar refractivity (Wildman–Crippen MR) is 53.2 cm³/mol. The summed E-state index contributed by atoms with van der Waals surface area (Å²) in [7, 11) is 1.50. The number of hydrogen-bond acceptors (Lipinski definition) is 3. The Morgan fingerprint density at radius 3 is 3.00 bits per heavy atom. The third kappa shape index (κ3) is 1.28. The first-order chi connectivity index (χ1) is 6.63. The first kappa shape index (κ1) is 9.46. The number of nitrogens with zero attached hydrogens (tertiary/aromatic N) is 1. The first-order valence-corrected chi connectivity index (χ1v) is 4.79. The van der Waals surface area contributed by atoms with Crippen LogP contribution in [0.25, 0.3) is 0 Å². The molecule has 0 saturated heterocycles. The minimum absolute atomic E-state index is 0.0912. The molecule has 0 spiro atoms. The molecule has 1 atom stereocenters. The molecule has 1 aromatic heterocycles. The Hall–Kier alpha value is -1.09. The van der Waals surface area contributed by atoms with E-state index in [4.69, 9.17) is 16.3 Å². The van der Waals surface area contributed by atoms with Crippen molar-refractivity contribution in [3.63, 3.8) is 0 Å². The fraction of sp³-hybridized carbons (Fsp3) is 0.400. The Kier molecular flexibility index (Phi) is 2.19. The zero-order valence-electron chi connectivity index (χ0n) is 8.00. The van der Waals surface area contributed by atoms with Crippen LogP contribution in [-0.4, -0.2) is 17.9 Å². The van der Waals surface area contributed by atoms with Gasteiger partial charge in [-0.25, -0.2) is 4.98 Å². The lowest BCUT2D eigenvalue weighted by Crippen LogP contribution is -1.99. The third-order valence-corrected chi connectivity index (χ3v) is 2.67. The van der Waals surface area contributed by atoms with Crippen molar-refractivity contribution in [2.24, 2.45) is 0 Å². The Bertz CT molecular complexity index is 403. The summed E-state index contributed by atoms with van der Waals surface area (Å²) in [6, 6.07) is 1.75. The normalized spacial score (nSPS) is 19.6. The number of halogens is 1. The summed E-state index contributed by atoms with van der Waals surface area (Å²) in [6.07, 6.45) is 0.522. The summed E-state index contributed by atoms with van der Waals surface area (Å²) in [5, 5.41) is 0.377. The lowest BCUT2D eigenvalue weighted by atomic mass is 10.1. The molecule has 0 aliphatic heterocycles. The second-order valence-corrected chi connectivity index (χ2v) is 3.83. The molecular formula is C10H10ClNO2. The molecule has 14 heavy (non-hydrogen) atoms. The average Bonchev–Trinajstić information content (AvgIpc) is 2.41. The number of ether oxygens (including phenoxy) is 1. The van der Waals surface area contributed by atoms with Crippen molar-refractivity contribution >= 4 is 17.4 Å². The van der Waals surface area contributed by atoms with Gasteiger partial charge in [0.25, 0.3) is 0 Å². The van der Waals surface area contributed by atoms with E-state index < -0.39 is 0 Å². The van der Waals surface area contributed by atoms with Gasteiger partial charge in [-0.05, 0) is 17.5 Å². The first-order valence-electron chi connectivity index (χ1n) is 4.41. The number of rotatable bonds is 1. The fourth-order valence-electron chi connectivity index (χ4n) is 1.82. The Balaban J connectivity index is 2.66. The molecule has 0 bridgehead atoms. The number of ketones is 1. The van der Waals surface area contributed by atoms with E-state index in [1.807, 2.05) is 6.92 Å². The maximum Gasteiger partial charge on any atom is 0.225 e. The second kappa shape index (κ2) is 3.24. The largest absolute Gasteiger partial charge is 0.480 e. The van der Waals surface area contributed by atoms with Crippen LogP contribution in [0.2, 0.25) is 5.15 Å². The number of pyridine rings is 1. The number of carbonyl (C=O) groups excluding carboxylic acids is 1. The van der Waals surface area contributed by atoms with Crippen molar-refractivity contribution < 1.29 is 9.53 Å². The van der Waals surface area contributed by atoms with Crippen molar-refractivity contribution in [3.8, 4) is 5.88 Å². The summed E-state index contributed by atoms with van der Waals surface area (Å²) in [4.78, 5) is 15.6. The van der Waals surface area contributed by atoms with Crippen LogP contribution in [0.1, 0.15) is 35.2 Å². The van der Waals surface area contributed by atoms with Gasteiger partial charge >= 0.3 is 0 Å².